The maximum Gasteiger partial charge on any atom is 0.270 e. The molecule has 34 heavy (non-hydrogen) atoms. The lowest BCUT2D eigenvalue weighted by Gasteiger charge is -2.32. The van der Waals surface area contributed by atoms with Crippen molar-refractivity contribution in [3.8, 4) is 11.3 Å². The maximum atomic E-state index is 13.1. The predicted octanol–water partition coefficient (Wildman–Crippen LogP) is 4.21. The van der Waals surface area contributed by atoms with E-state index in [2.05, 4.69) is 15.8 Å². The molecule has 3 amide bonds. The number of carbonyl (C=O) groups is 3. The summed E-state index contributed by atoms with van der Waals surface area (Å²) in [7, 11) is 0. The fraction of sp³-hybridized carbons (Fsp3) is 0.308. The van der Waals surface area contributed by atoms with Gasteiger partial charge in [0.25, 0.3) is 5.91 Å². The first-order chi connectivity index (χ1) is 16.3. The molecule has 2 N–H and O–H groups in total. The molecule has 0 bridgehead atoms. The Kier molecular flexibility index (Phi) is 7.12. The molecule has 0 unspecified atom stereocenters. The van der Waals surface area contributed by atoms with Gasteiger partial charge in [-0.2, -0.15) is 0 Å². The average Bonchev–Trinajstić information content (AvgIpc) is 2.86. The monoisotopic (exact) mass is 478 g/mol. The molecule has 0 spiro atoms. The number of benzene rings is 2. The molecule has 1 aliphatic heterocycles. The molecular formula is C26H27ClN4O3. The minimum atomic E-state index is -0.437. The summed E-state index contributed by atoms with van der Waals surface area (Å²) in [5, 5.41) is 1.21. The molecule has 1 saturated heterocycles. The Hall–Kier alpha value is -3.45. The number of carbonyl (C=O) groups excluding carboxylic acids is 3. The van der Waals surface area contributed by atoms with Gasteiger partial charge in [0, 0.05) is 40.9 Å². The van der Waals surface area contributed by atoms with Crippen LogP contribution in [0, 0.1) is 11.8 Å². The molecule has 176 valence electrons. The third-order valence-corrected chi connectivity index (χ3v) is 6.41. The number of hydrazine groups is 1. The lowest BCUT2D eigenvalue weighted by Crippen LogP contribution is -2.48. The zero-order chi connectivity index (χ0) is 24.2. The molecule has 2 aromatic carbocycles. The summed E-state index contributed by atoms with van der Waals surface area (Å²) in [4.78, 5) is 44.4. The first-order valence-corrected chi connectivity index (χ1v) is 11.8. The molecule has 7 nitrogen and oxygen atoms in total. The van der Waals surface area contributed by atoms with Crippen molar-refractivity contribution in [3.05, 3.63) is 65.2 Å². The van der Waals surface area contributed by atoms with E-state index >= 15 is 0 Å². The van der Waals surface area contributed by atoms with Gasteiger partial charge in [-0.15, -0.1) is 0 Å². The van der Waals surface area contributed by atoms with E-state index in [9.17, 15) is 14.4 Å². The van der Waals surface area contributed by atoms with Gasteiger partial charge in [0.1, 0.15) is 0 Å². The number of amides is 3. The van der Waals surface area contributed by atoms with Crippen LogP contribution in [0.4, 0.5) is 0 Å². The molecule has 0 aliphatic carbocycles. The van der Waals surface area contributed by atoms with Crippen LogP contribution in [0.15, 0.2) is 54.6 Å². The maximum absolute atomic E-state index is 13.1. The molecule has 2 heterocycles. The molecule has 1 aromatic heterocycles. The van der Waals surface area contributed by atoms with Gasteiger partial charge < -0.3 is 4.90 Å². The number of nitrogens with zero attached hydrogens (tertiary/aromatic N) is 2. The van der Waals surface area contributed by atoms with Crippen LogP contribution in [0.25, 0.3) is 22.2 Å². The highest BCUT2D eigenvalue weighted by atomic mass is 35.5. The van der Waals surface area contributed by atoms with E-state index in [1.807, 2.05) is 56.3 Å². The molecule has 0 saturated carbocycles. The number of rotatable bonds is 4. The van der Waals surface area contributed by atoms with Crippen molar-refractivity contribution in [1.82, 2.24) is 20.7 Å². The Balaban J connectivity index is 1.48. The van der Waals surface area contributed by atoms with Crippen molar-refractivity contribution < 1.29 is 14.4 Å². The van der Waals surface area contributed by atoms with E-state index in [-0.39, 0.29) is 23.7 Å². The number of likely N-dealkylation sites (tertiary alicyclic amines) is 1. The predicted molar refractivity (Wildman–Crippen MR) is 132 cm³/mol. The zero-order valence-corrected chi connectivity index (χ0v) is 19.9. The van der Waals surface area contributed by atoms with Gasteiger partial charge in [-0.25, -0.2) is 4.98 Å². The molecule has 1 fully saturated rings. The van der Waals surface area contributed by atoms with Crippen molar-refractivity contribution in [1.29, 1.82) is 0 Å². The highest BCUT2D eigenvalue weighted by Gasteiger charge is 2.28. The van der Waals surface area contributed by atoms with Gasteiger partial charge in [0.2, 0.25) is 11.8 Å². The number of hydrogen-bond acceptors (Lipinski definition) is 4. The second-order valence-corrected chi connectivity index (χ2v) is 9.16. The van der Waals surface area contributed by atoms with E-state index in [0.717, 1.165) is 5.56 Å². The van der Waals surface area contributed by atoms with Crippen LogP contribution in [0.1, 0.15) is 37.0 Å². The lowest BCUT2D eigenvalue weighted by molar-refractivity contribution is -0.138. The van der Waals surface area contributed by atoms with Crippen molar-refractivity contribution in [2.24, 2.45) is 11.8 Å². The smallest absolute Gasteiger partial charge is 0.270 e. The van der Waals surface area contributed by atoms with Crippen LogP contribution >= 0.6 is 11.6 Å². The number of halogens is 1. The van der Waals surface area contributed by atoms with Gasteiger partial charge in [-0.1, -0.05) is 61.8 Å². The summed E-state index contributed by atoms with van der Waals surface area (Å²) in [6.07, 6.45) is 1.13. The highest BCUT2D eigenvalue weighted by molar-refractivity contribution is 6.33. The number of fused-ring (bicyclic) bond motifs is 1. The quantitative estimate of drug-likeness (QED) is 0.549. The van der Waals surface area contributed by atoms with Crippen LogP contribution in [0.5, 0.6) is 0 Å². The topological polar surface area (TPSA) is 91.4 Å². The Morgan fingerprint density at radius 3 is 2.38 bits per heavy atom. The van der Waals surface area contributed by atoms with E-state index < -0.39 is 5.91 Å². The Morgan fingerprint density at radius 2 is 1.68 bits per heavy atom. The molecule has 3 aromatic rings. The summed E-state index contributed by atoms with van der Waals surface area (Å²) in [6, 6.07) is 16.3. The van der Waals surface area contributed by atoms with Crippen LogP contribution in [0.3, 0.4) is 0 Å². The number of pyridine rings is 1. The van der Waals surface area contributed by atoms with E-state index in [1.54, 1.807) is 17.0 Å². The SMILES string of the molecule is CC(C)C(=O)N1CCC(C(=O)NNC(=O)c2cc(-c3ccccc3Cl)nc3ccccc23)CC1. The summed E-state index contributed by atoms with van der Waals surface area (Å²) >= 11 is 6.36. The second kappa shape index (κ2) is 10.2. The van der Waals surface area contributed by atoms with Crippen molar-refractivity contribution in [3.63, 3.8) is 0 Å². The number of nitrogens with one attached hydrogen (secondary N) is 2. The van der Waals surface area contributed by atoms with Crippen LogP contribution in [-0.4, -0.2) is 40.7 Å². The molecule has 1 aliphatic rings. The number of aromatic nitrogens is 1. The van der Waals surface area contributed by atoms with Gasteiger partial charge in [0.15, 0.2) is 0 Å². The normalized spacial score (nSPS) is 14.3. The Labute approximate surface area is 203 Å². The average molecular weight is 479 g/mol. The largest absolute Gasteiger partial charge is 0.342 e. The zero-order valence-electron chi connectivity index (χ0n) is 19.2. The van der Waals surface area contributed by atoms with Crippen LogP contribution in [-0.2, 0) is 9.59 Å². The summed E-state index contributed by atoms with van der Waals surface area (Å²) in [6.45, 7) is 4.83. The summed E-state index contributed by atoms with van der Waals surface area (Å²) in [5.74, 6) is -0.909. The molecule has 0 radical (unpaired) electrons. The number of piperidine rings is 1. The minimum absolute atomic E-state index is 0.0597. The van der Waals surface area contributed by atoms with E-state index in [0.29, 0.717) is 53.1 Å². The summed E-state index contributed by atoms with van der Waals surface area (Å²) < 4.78 is 0. The lowest BCUT2D eigenvalue weighted by atomic mass is 9.95. The third kappa shape index (κ3) is 5.04. The Morgan fingerprint density at radius 1 is 1.00 bits per heavy atom. The highest BCUT2D eigenvalue weighted by Crippen LogP contribution is 2.29. The van der Waals surface area contributed by atoms with Crippen molar-refractivity contribution in [2.45, 2.75) is 26.7 Å². The van der Waals surface area contributed by atoms with Crippen LogP contribution < -0.4 is 10.9 Å². The van der Waals surface area contributed by atoms with Gasteiger partial charge >= 0.3 is 0 Å². The first-order valence-electron chi connectivity index (χ1n) is 11.4. The molecular weight excluding hydrogens is 452 g/mol. The molecule has 0 atom stereocenters. The number of para-hydroxylation sites is 1. The second-order valence-electron chi connectivity index (χ2n) is 8.75. The third-order valence-electron chi connectivity index (χ3n) is 6.08. The minimum Gasteiger partial charge on any atom is -0.342 e. The fourth-order valence-corrected chi connectivity index (χ4v) is 4.42. The van der Waals surface area contributed by atoms with Gasteiger partial charge in [-0.3, -0.25) is 25.2 Å². The fourth-order valence-electron chi connectivity index (χ4n) is 4.19. The number of hydrogen-bond donors (Lipinski definition) is 2. The summed E-state index contributed by atoms with van der Waals surface area (Å²) in [5.41, 5.74) is 7.45. The van der Waals surface area contributed by atoms with E-state index in [4.69, 9.17) is 11.6 Å². The first kappa shape index (κ1) is 23.7. The van der Waals surface area contributed by atoms with Gasteiger partial charge in [0.05, 0.1) is 16.8 Å². The van der Waals surface area contributed by atoms with E-state index in [1.165, 1.54) is 0 Å². The van der Waals surface area contributed by atoms with Gasteiger partial charge in [-0.05, 0) is 31.0 Å². The van der Waals surface area contributed by atoms with Crippen molar-refractivity contribution in [2.75, 3.05) is 13.1 Å². The molecule has 8 heteroatoms. The standard InChI is InChI=1S/C26H27ClN4O3/c1-16(2)26(34)31-13-11-17(12-14-31)24(32)29-30-25(33)20-15-23(19-8-3-5-9-21(19)27)28-22-10-6-4-7-18(20)22/h3-10,15-17H,11-14H2,1-2H3,(H,29,32)(H,30,33). The van der Waals surface area contributed by atoms with Crippen molar-refractivity contribution >= 4 is 40.2 Å². The molecule has 4 rings (SSSR count). The van der Waals surface area contributed by atoms with Crippen LogP contribution in [0.2, 0.25) is 5.02 Å². The Bertz CT molecular complexity index is 1240.